The van der Waals surface area contributed by atoms with Crippen molar-refractivity contribution in [3.8, 4) is 0 Å². The molecular weight excluding hydrogens is 166 g/mol. The Bertz CT molecular complexity index is 362. The monoisotopic (exact) mass is 177 g/mol. The van der Waals surface area contributed by atoms with Gasteiger partial charge in [0.05, 0.1) is 6.04 Å². The first-order chi connectivity index (χ1) is 6.16. The molecule has 4 nitrogen and oxygen atoms in total. The lowest BCUT2D eigenvalue weighted by Gasteiger charge is -2.20. The van der Waals surface area contributed by atoms with Gasteiger partial charge in [-0.1, -0.05) is 6.07 Å². The number of nitrogens with two attached hydrogens (primary N) is 1. The predicted molar refractivity (Wildman–Crippen MR) is 49.3 cm³/mol. The molecule has 0 aromatic carbocycles. The maximum absolute atomic E-state index is 11.2. The van der Waals surface area contributed by atoms with Gasteiger partial charge in [0.15, 0.2) is 0 Å². The van der Waals surface area contributed by atoms with Crippen molar-refractivity contribution in [3.05, 3.63) is 23.4 Å². The zero-order valence-electron chi connectivity index (χ0n) is 7.37. The van der Waals surface area contributed by atoms with Crippen molar-refractivity contribution < 1.29 is 4.79 Å². The molecule has 3 N–H and O–H groups in total. The lowest BCUT2D eigenvalue weighted by Crippen LogP contribution is -2.41. The number of anilines is 1. The van der Waals surface area contributed by atoms with Crippen LogP contribution in [0.3, 0.4) is 0 Å². The smallest absolute Gasteiger partial charge is 0.242 e. The Balaban J connectivity index is 2.42. The fourth-order valence-electron chi connectivity index (χ4n) is 1.40. The molecule has 2 rings (SSSR count). The largest absolute Gasteiger partial charge is 0.320 e. The van der Waals surface area contributed by atoms with Crippen LogP contribution in [0, 0.1) is 6.92 Å². The lowest BCUT2D eigenvalue weighted by atomic mass is 10.0. The average molecular weight is 177 g/mol. The summed E-state index contributed by atoms with van der Waals surface area (Å²) < 4.78 is 0. The van der Waals surface area contributed by atoms with E-state index in [0.29, 0.717) is 12.2 Å². The molecule has 0 aliphatic carbocycles. The number of aromatic nitrogens is 1. The molecule has 1 aliphatic heterocycles. The second kappa shape index (κ2) is 2.81. The summed E-state index contributed by atoms with van der Waals surface area (Å²) in [5, 5.41) is 2.68. The van der Waals surface area contributed by atoms with E-state index in [1.165, 1.54) is 0 Å². The highest BCUT2D eigenvalue weighted by atomic mass is 16.2. The van der Waals surface area contributed by atoms with Gasteiger partial charge in [-0.15, -0.1) is 0 Å². The van der Waals surface area contributed by atoms with Crippen LogP contribution in [0.15, 0.2) is 12.1 Å². The maximum atomic E-state index is 11.2. The second-order valence-corrected chi connectivity index (χ2v) is 3.26. The number of fused-ring (bicyclic) bond motifs is 1. The van der Waals surface area contributed by atoms with Crippen LogP contribution < -0.4 is 11.1 Å². The van der Waals surface area contributed by atoms with Crippen LogP contribution in [-0.2, 0) is 11.2 Å². The molecule has 0 radical (unpaired) electrons. The van der Waals surface area contributed by atoms with E-state index in [4.69, 9.17) is 5.73 Å². The van der Waals surface area contributed by atoms with Gasteiger partial charge < -0.3 is 11.1 Å². The van der Waals surface area contributed by atoms with Crippen molar-refractivity contribution in [2.45, 2.75) is 19.4 Å². The first-order valence-electron chi connectivity index (χ1n) is 4.20. The van der Waals surface area contributed by atoms with Crippen LogP contribution in [0.5, 0.6) is 0 Å². The fourth-order valence-corrected chi connectivity index (χ4v) is 1.40. The third-order valence-corrected chi connectivity index (χ3v) is 2.14. The standard InChI is InChI=1S/C9H11N3O/c1-5-2-3-6-4-7(10)9(13)12-8(6)11-5/h2-3,7H,4,10H2,1H3,(H,11,12,13)/t7-/m1/s1. The van der Waals surface area contributed by atoms with E-state index in [9.17, 15) is 4.79 Å². The molecule has 0 saturated heterocycles. The highest BCUT2D eigenvalue weighted by Crippen LogP contribution is 2.19. The minimum absolute atomic E-state index is 0.148. The Morgan fingerprint density at radius 3 is 3.15 bits per heavy atom. The average Bonchev–Trinajstić information content (AvgIpc) is 2.08. The Morgan fingerprint density at radius 1 is 1.62 bits per heavy atom. The number of carbonyl (C=O) groups is 1. The highest BCUT2D eigenvalue weighted by molar-refractivity contribution is 5.96. The first kappa shape index (κ1) is 8.19. The lowest BCUT2D eigenvalue weighted by molar-refractivity contribution is -0.117. The molecule has 1 aromatic heterocycles. The summed E-state index contributed by atoms with van der Waals surface area (Å²) in [6.45, 7) is 1.89. The summed E-state index contributed by atoms with van der Waals surface area (Å²) in [7, 11) is 0. The van der Waals surface area contributed by atoms with E-state index in [1.54, 1.807) is 0 Å². The van der Waals surface area contributed by atoms with Crippen molar-refractivity contribution in [3.63, 3.8) is 0 Å². The van der Waals surface area contributed by atoms with Gasteiger partial charge in [-0.3, -0.25) is 4.79 Å². The van der Waals surface area contributed by atoms with Gasteiger partial charge in [-0.25, -0.2) is 4.98 Å². The molecule has 1 aromatic rings. The van der Waals surface area contributed by atoms with Crippen molar-refractivity contribution in [1.29, 1.82) is 0 Å². The maximum Gasteiger partial charge on any atom is 0.242 e. The van der Waals surface area contributed by atoms with Crippen molar-refractivity contribution >= 4 is 11.7 Å². The molecule has 1 amide bonds. The zero-order chi connectivity index (χ0) is 9.42. The molecule has 13 heavy (non-hydrogen) atoms. The third-order valence-electron chi connectivity index (χ3n) is 2.14. The SMILES string of the molecule is Cc1ccc2c(n1)NC(=O)[C@H](N)C2. The summed E-state index contributed by atoms with van der Waals surface area (Å²) >= 11 is 0. The fraction of sp³-hybridized carbons (Fsp3) is 0.333. The Kier molecular flexibility index (Phi) is 1.77. The minimum Gasteiger partial charge on any atom is -0.320 e. The quantitative estimate of drug-likeness (QED) is 0.595. The van der Waals surface area contributed by atoms with Crippen LogP contribution in [0.25, 0.3) is 0 Å². The van der Waals surface area contributed by atoms with Crippen molar-refractivity contribution in [2.75, 3.05) is 5.32 Å². The van der Waals surface area contributed by atoms with Crippen molar-refractivity contribution in [2.24, 2.45) is 5.73 Å². The van der Waals surface area contributed by atoms with E-state index < -0.39 is 6.04 Å². The molecule has 0 bridgehead atoms. The van der Waals surface area contributed by atoms with Gasteiger partial charge >= 0.3 is 0 Å². The molecule has 0 spiro atoms. The molecule has 1 atom stereocenters. The number of hydrogen-bond acceptors (Lipinski definition) is 3. The van der Waals surface area contributed by atoms with Gasteiger partial charge in [0.25, 0.3) is 0 Å². The van der Waals surface area contributed by atoms with Crippen LogP contribution in [-0.4, -0.2) is 16.9 Å². The Morgan fingerprint density at radius 2 is 2.38 bits per heavy atom. The number of aryl methyl sites for hydroxylation is 1. The first-order valence-corrected chi connectivity index (χ1v) is 4.20. The highest BCUT2D eigenvalue weighted by Gasteiger charge is 2.23. The Hall–Kier alpha value is -1.42. The van der Waals surface area contributed by atoms with Crippen LogP contribution >= 0.6 is 0 Å². The number of nitrogens with one attached hydrogen (secondary N) is 1. The Labute approximate surface area is 76.2 Å². The number of rotatable bonds is 0. The topological polar surface area (TPSA) is 68.0 Å². The molecule has 0 unspecified atom stereocenters. The van der Waals surface area contributed by atoms with Gasteiger partial charge in [0.1, 0.15) is 5.82 Å². The van der Waals surface area contributed by atoms with E-state index in [2.05, 4.69) is 10.3 Å². The van der Waals surface area contributed by atoms with Crippen LogP contribution in [0.1, 0.15) is 11.3 Å². The normalized spacial score (nSPS) is 20.8. The number of hydrogen-bond donors (Lipinski definition) is 2. The molecule has 1 aliphatic rings. The van der Waals surface area contributed by atoms with Gasteiger partial charge in [0.2, 0.25) is 5.91 Å². The molecule has 68 valence electrons. The van der Waals surface area contributed by atoms with Gasteiger partial charge in [-0.05, 0) is 18.6 Å². The number of carbonyl (C=O) groups excluding carboxylic acids is 1. The van der Waals surface area contributed by atoms with Crippen LogP contribution in [0.4, 0.5) is 5.82 Å². The van der Waals surface area contributed by atoms with E-state index in [-0.39, 0.29) is 5.91 Å². The summed E-state index contributed by atoms with van der Waals surface area (Å²) in [6.07, 6.45) is 0.578. The predicted octanol–water partition coefficient (Wildman–Crippen LogP) is 0.212. The summed E-state index contributed by atoms with van der Waals surface area (Å²) in [6, 6.07) is 3.44. The number of amides is 1. The van der Waals surface area contributed by atoms with Crippen LogP contribution in [0.2, 0.25) is 0 Å². The number of pyridine rings is 1. The zero-order valence-corrected chi connectivity index (χ0v) is 7.37. The summed E-state index contributed by atoms with van der Waals surface area (Å²) in [4.78, 5) is 15.4. The molecule has 0 saturated carbocycles. The van der Waals surface area contributed by atoms with E-state index >= 15 is 0 Å². The van der Waals surface area contributed by atoms with Gasteiger partial charge in [0, 0.05) is 12.1 Å². The molecule has 2 heterocycles. The molecule has 4 heteroatoms. The third kappa shape index (κ3) is 1.40. The summed E-state index contributed by atoms with van der Waals surface area (Å²) in [5.74, 6) is 0.511. The molecule has 0 fully saturated rings. The minimum atomic E-state index is -0.433. The van der Waals surface area contributed by atoms with E-state index in [0.717, 1.165) is 11.3 Å². The number of nitrogens with zero attached hydrogens (tertiary/aromatic N) is 1. The summed E-state index contributed by atoms with van der Waals surface area (Å²) in [5.41, 5.74) is 7.50. The van der Waals surface area contributed by atoms with Crippen molar-refractivity contribution in [1.82, 2.24) is 4.98 Å². The second-order valence-electron chi connectivity index (χ2n) is 3.26. The van der Waals surface area contributed by atoms with E-state index in [1.807, 2.05) is 19.1 Å². The molecular formula is C9H11N3O. The van der Waals surface area contributed by atoms with Gasteiger partial charge in [-0.2, -0.15) is 0 Å².